The summed E-state index contributed by atoms with van der Waals surface area (Å²) in [5, 5.41) is 3.07. The minimum absolute atomic E-state index is 0.126. The fraction of sp³-hybridized carbons (Fsp3) is 0.316. The number of carbonyl (C=O) groups excluding carboxylic acids is 1. The van der Waals surface area contributed by atoms with Crippen LogP contribution in [0.1, 0.15) is 28.4 Å². The molecule has 0 aliphatic carbocycles. The van der Waals surface area contributed by atoms with E-state index in [9.17, 15) is 4.79 Å². The van der Waals surface area contributed by atoms with Gasteiger partial charge in [0.25, 0.3) is 5.91 Å². The first-order chi connectivity index (χ1) is 12.6. The Morgan fingerprint density at radius 1 is 1.15 bits per heavy atom. The summed E-state index contributed by atoms with van der Waals surface area (Å²) in [6.45, 7) is 0.554. The molecule has 0 fully saturated rings. The fourth-order valence-corrected chi connectivity index (χ4v) is 3.65. The van der Waals surface area contributed by atoms with Gasteiger partial charge in [-0.3, -0.25) is 4.79 Å². The molecule has 7 heteroatoms. The lowest BCUT2D eigenvalue weighted by Gasteiger charge is -2.27. The Morgan fingerprint density at radius 2 is 1.88 bits per heavy atom. The number of nitrogens with one attached hydrogen (secondary N) is 1. The molecule has 1 unspecified atom stereocenters. The standard InChI is InChI=1S/C19H20BrNO5/c1-23-15-10-12(16(20)18(25-3)17(15)24-2)19(22)21-13-8-9-26-14-7-5-4-6-11(13)14/h4-7,10,13H,8-9H2,1-3H3,(H,21,22). The van der Waals surface area contributed by atoms with Gasteiger partial charge in [0.05, 0.1) is 44.0 Å². The molecule has 2 aromatic carbocycles. The number of benzene rings is 2. The molecule has 0 saturated carbocycles. The molecule has 3 rings (SSSR count). The molecule has 0 spiro atoms. The molecule has 26 heavy (non-hydrogen) atoms. The van der Waals surface area contributed by atoms with E-state index in [1.165, 1.54) is 21.3 Å². The quantitative estimate of drug-likeness (QED) is 0.796. The molecule has 1 aliphatic rings. The summed E-state index contributed by atoms with van der Waals surface area (Å²) in [7, 11) is 4.55. The largest absolute Gasteiger partial charge is 0.493 e. The van der Waals surface area contributed by atoms with Gasteiger partial charge < -0.3 is 24.3 Å². The SMILES string of the molecule is COc1cc(C(=O)NC2CCOc3ccccc32)c(Br)c(OC)c1OC. The number of para-hydroxylation sites is 1. The lowest BCUT2D eigenvalue weighted by atomic mass is 10.00. The summed E-state index contributed by atoms with van der Waals surface area (Å²) in [6.07, 6.45) is 0.699. The first kappa shape index (κ1) is 18.4. The van der Waals surface area contributed by atoms with Gasteiger partial charge in [-0.15, -0.1) is 0 Å². The van der Waals surface area contributed by atoms with Gasteiger partial charge in [-0.1, -0.05) is 18.2 Å². The highest BCUT2D eigenvalue weighted by atomic mass is 79.9. The van der Waals surface area contributed by atoms with Gasteiger partial charge >= 0.3 is 0 Å². The Bertz CT molecular complexity index is 824. The number of amides is 1. The van der Waals surface area contributed by atoms with Crippen molar-refractivity contribution in [3.63, 3.8) is 0 Å². The number of rotatable bonds is 5. The van der Waals surface area contributed by atoms with Gasteiger partial charge in [0.1, 0.15) is 5.75 Å². The molecule has 6 nitrogen and oxygen atoms in total. The van der Waals surface area contributed by atoms with E-state index >= 15 is 0 Å². The Balaban J connectivity index is 1.94. The molecular weight excluding hydrogens is 402 g/mol. The van der Waals surface area contributed by atoms with E-state index in [1.807, 2.05) is 24.3 Å². The van der Waals surface area contributed by atoms with Crippen LogP contribution in [0.5, 0.6) is 23.0 Å². The predicted molar refractivity (Wildman–Crippen MR) is 101 cm³/mol. The van der Waals surface area contributed by atoms with E-state index in [2.05, 4.69) is 21.2 Å². The average Bonchev–Trinajstić information content (AvgIpc) is 2.67. The summed E-state index contributed by atoms with van der Waals surface area (Å²) in [6, 6.07) is 9.22. The van der Waals surface area contributed by atoms with Crippen LogP contribution < -0.4 is 24.3 Å². The Labute approximate surface area is 160 Å². The van der Waals surface area contributed by atoms with Gasteiger partial charge in [-0.05, 0) is 28.1 Å². The van der Waals surface area contributed by atoms with Crippen molar-refractivity contribution < 1.29 is 23.7 Å². The van der Waals surface area contributed by atoms with E-state index in [4.69, 9.17) is 18.9 Å². The van der Waals surface area contributed by atoms with Gasteiger partial charge in [-0.25, -0.2) is 0 Å². The molecule has 1 atom stereocenters. The molecule has 0 saturated heterocycles. The predicted octanol–water partition coefficient (Wildman–Crippen LogP) is 3.73. The molecular formula is C19H20BrNO5. The first-order valence-electron chi connectivity index (χ1n) is 8.11. The summed E-state index contributed by atoms with van der Waals surface area (Å²) in [5.41, 5.74) is 1.37. The van der Waals surface area contributed by atoms with E-state index in [0.29, 0.717) is 40.3 Å². The van der Waals surface area contributed by atoms with E-state index in [0.717, 1.165) is 11.3 Å². The zero-order chi connectivity index (χ0) is 18.7. The number of ether oxygens (including phenoxy) is 4. The van der Waals surface area contributed by atoms with Crippen LogP contribution >= 0.6 is 15.9 Å². The van der Waals surface area contributed by atoms with Crippen molar-refractivity contribution in [1.82, 2.24) is 5.32 Å². The topological polar surface area (TPSA) is 66.0 Å². The van der Waals surface area contributed by atoms with Crippen LogP contribution in [0.2, 0.25) is 0 Å². The average molecular weight is 422 g/mol. The molecule has 0 aromatic heterocycles. The number of carbonyl (C=O) groups is 1. The molecule has 1 heterocycles. The number of hydrogen-bond acceptors (Lipinski definition) is 5. The van der Waals surface area contributed by atoms with Crippen LogP contribution in [-0.4, -0.2) is 33.8 Å². The van der Waals surface area contributed by atoms with Crippen molar-refractivity contribution in [2.24, 2.45) is 0 Å². The Kier molecular flexibility index (Phi) is 5.56. The summed E-state index contributed by atoms with van der Waals surface area (Å²) < 4.78 is 22.2. The van der Waals surface area contributed by atoms with Crippen LogP contribution in [0.25, 0.3) is 0 Å². The van der Waals surface area contributed by atoms with Gasteiger partial charge in [0.15, 0.2) is 11.5 Å². The van der Waals surface area contributed by atoms with Gasteiger partial charge in [0, 0.05) is 12.0 Å². The van der Waals surface area contributed by atoms with Crippen molar-refractivity contribution in [3.8, 4) is 23.0 Å². The van der Waals surface area contributed by atoms with E-state index in [1.54, 1.807) is 6.07 Å². The summed E-state index contributed by atoms with van der Waals surface area (Å²) in [4.78, 5) is 12.9. The van der Waals surface area contributed by atoms with Crippen molar-refractivity contribution in [3.05, 3.63) is 45.9 Å². The van der Waals surface area contributed by atoms with Crippen LogP contribution in [0.4, 0.5) is 0 Å². The van der Waals surface area contributed by atoms with E-state index < -0.39 is 0 Å². The van der Waals surface area contributed by atoms with E-state index in [-0.39, 0.29) is 11.9 Å². The molecule has 1 N–H and O–H groups in total. The molecule has 1 aliphatic heterocycles. The maximum absolute atomic E-state index is 12.9. The second-order valence-corrected chi connectivity index (χ2v) is 6.50. The minimum atomic E-state index is -0.238. The maximum atomic E-state index is 12.9. The maximum Gasteiger partial charge on any atom is 0.253 e. The third kappa shape index (κ3) is 3.31. The monoisotopic (exact) mass is 421 g/mol. The Morgan fingerprint density at radius 3 is 2.58 bits per heavy atom. The van der Waals surface area contributed by atoms with Gasteiger partial charge in [-0.2, -0.15) is 0 Å². The van der Waals surface area contributed by atoms with Crippen molar-refractivity contribution in [1.29, 1.82) is 0 Å². The van der Waals surface area contributed by atoms with Crippen LogP contribution in [0, 0.1) is 0 Å². The fourth-order valence-electron chi connectivity index (χ4n) is 3.01. The Hall–Kier alpha value is -2.41. The second-order valence-electron chi connectivity index (χ2n) is 5.71. The van der Waals surface area contributed by atoms with Crippen LogP contribution in [-0.2, 0) is 0 Å². The lowest BCUT2D eigenvalue weighted by molar-refractivity contribution is 0.0923. The van der Waals surface area contributed by atoms with Gasteiger partial charge in [0.2, 0.25) is 5.75 Å². The number of hydrogen-bond donors (Lipinski definition) is 1. The van der Waals surface area contributed by atoms with Crippen LogP contribution in [0.3, 0.4) is 0 Å². The van der Waals surface area contributed by atoms with Crippen molar-refractivity contribution in [2.75, 3.05) is 27.9 Å². The highest BCUT2D eigenvalue weighted by Crippen LogP contribution is 2.45. The summed E-state index contributed by atoms with van der Waals surface area (Å²) in [5.74, 6) is 1.81. The number of methoxy groups -OCH3 is 3. The zero-order valence-corrected chi connectivity index (χ0v) is 16.4. The lowest BCUT2D eigenvalue weighted by Crippen LogP contribution is -2.32. The van der Waals surface area contributed by atoms with Crippen molar-refractivity contribution in [2.45, 2.75) is 12.5 Å². The molecule has 1 amide bonds. The molecule has 0 radical (unpaired) electrons. The number of halogens is 1. The molecule has 138 valence electrons. The third-order valence-electron chi connectivity index (χ3n) is 4.28. The third-order valence-corrected chi connectivity index (χ3v) is 5.07. The molecule has 0 bridgehead atoms. The highest BCUT2D eigenvalue weighted by Gasteiger charge is 2.27. The normalized spacial score (nSPS) is 15.5. The van der Waals surface area contributed by atoms with Crippen molar-refractivity contribution >= 4 is 21.8 Å². The smallest absolute Gasteiger partial charge is 0.253 e. The molecule has 2 aromatic rings. The minimum Gasteiger partial charge on any atom is -0.493 e. The number of fused-ring (bicyclic) bond motifs is 1. The highest BCUT2D eigenvalue weighted by molar-refractivity contribution is 9.10. The van der Waals surface area contributed by atoms with Crippen LogP contribution in [0.15, 0.2) is 34.8 Å². The zero-order valence-electron chi connectivity index (χ0n) is 14.8. The summed E-state index contributed by atoms with van der Waals surface area (Å²) >= 11 is 3.45. The second kappa shape index (κ2) is 7.86. The first-order valence-corrected chi connectivity index (χ1v) is 8.91.